The van der Waals surface area contributed by atoms with Gasteiger partial charge in [-0.1, -0.05) is 18.6 Å². The van der Waals surface area contributed by atoms with Crippen molar-refractivity contribution in [3.8, 4) is 0 Å². The summed E-state index contributed by atoms with van der Waals surface area (Å²) in [7, 11) is 0. The van der Waals surface area contributed by atoms with Crippen molar-refractivity contribution in [1.82, 2.24) is 0 Å². The summed E-state index contributed by atoms with van der Waals surface area (Å²) in [4.78, 5) is 11.8. The maximum Gasteiger partial charge on any atom is 0.333 e. The number of hydrogen-bond acceptors (Lipinski definition) is 2. The van der Waals surface area contributed by atoms with E-state index in [9.17, 15) is 4.79 Å². The van der Waals surface area contributed by atoms with Gasteiger partial charge in [-0.05, 0) is 39.5 Å². The summed E-state index contributed by atoms with van der Waals surface area (Å²) in [5.74, 6) is -0.175. The third-order valence-corrected chi connectivity index (χ3v) is 3.35. The monoisotopic (exact) mass is 222 g/mol. The van der Waals surface area contributed by atoms with Crippen LogP contribution in [0.5, 0.6) is 0 Å². The van der Waals surface area contributed by atoms with Gasteiger partial charge in [0.2, 0.25) is 0 Å². The van der Waals surface area contributed by atoms with Crippen LogP contribution in [0.2, 0.25) is 0 Å². The lowest BCUT2D eigenvalue weighted by Crippen LogP contribution is -2.37. The fourth-order valence-corrected chi connectivity index (χ4v) is 2.20. The van der Waals surface area contributed by atoms with Crippen LogP contribution in [0.4, 0.5) is 0 Å². The molecule has 0 aromatic rings. The van der Waals surface area contributed by atoms with Crippen LogP contribution in [-0.4, -0.2) is 11.6 Å². The van der Waals surface area contributed by atoms with Gasteiger partial charge in [-0.3, -0.25) is 0 Å². The first kappa shape index (κ1) is 13.0. The Morgan fingerprint density at radius 1 is 1.38 bits per heavy atom. The molecule has 1 rings (SSSR count). The molecule has 1 aliphatic carbocycles. The van der Waals surface area contributed by atoms with Crippen molar-refractivity contribution in [1.29, 1.82) is 0 Å². The number of ether oxygens (including phenoxy) is 1. The minimum absolute atomic E-state index is 0.175. The van der Waals surface area contributed by atoms with E-state index in [2.05, 4.69) is 6.58 Å². The van der Waals surface area contributed by atoms with Crippen molar-refractivity contribution in [3.63, 3.8) is 0 Å². The molecule has 0 saturated heterocycles. The van der Waals surface area contributed by atoms with Crippen molar-refractivity contribution < 1.29 is 9.53 Å². The molecular weight excluding hydrogens is 200 g/mol. The second-order valence-corrected chi connectivity index (χ2v) is 4.60. The smallest absolute Gasteiger partial charge is 0.333 e. The van der Waals surface area contributed by atoms with Crippen molar-refractivity contribution in [3.05, 3.63) is 24.3 Å². The lowest BCUT2D eigenvalue weighted by atomic mass is 9.82. The molecule has 2 heteroatoms. The maximum atomic E-state index is 11.8. The van der Waals surface area contributed by atoms with E-state index < -0.39 is 0 Å². The third-order valence-electron chi connectivity index (χ3n) is 3.35. The molecule has 0 atom stereocenters. The molecule has 0 spiro atoms. The summed E-state index contributed by atoms with van der Waals surface area (Å²) in [5, 5.41) is 0. The van der Waals surface area contributed by atoms with Gasteiger partial charge in [0.15, 0.2) is 0 Å². The number of carbonyl (C=O) groups is 1. The van der Waals surface area contributed by atoms with E-state index >= 15 is 0 Å². The molecule has 16 heavy (non-hydrogen) atoms. The zero-order chi connectivity index (χ0) is 12.0. The van der Waals surface area contributed by atoms with E-state index in [1.165, 1.54) is 6.42 Å². The van der Waals surface area contributed by atoms with Crippen molar-refractivity contribution in [2.75, 3.05) is 0 Å². The van der Waals surface area contributed by atoms with Crippen LogP contribution in [0.1, 0.15) is 52.4 Å². The SMILES string of the molecule is C=CCC1(OC(=O)C(C)=CC)CCCCC1. The second-order valence-electron chi connectivity index (χ2n) is 4.60. The minimum atomic E-state index is -0.276. The summed E-state index contributed by atoms with van der Waals surface area (Å²) < 4.78 is 5.69. The molecule has 0 aromatic carbocycles. The van der Waals surface area contributed by atoms with Crippen LogP contribution >= 0.6 is 0 Å². The second kappa shape index (κ2) is 5.88. The average Bonchev–Trinajstić information content (AvgIpc) is 2.29. The minimum Gasteiger partial charge on any atom is -0.455 e. The molecule has 0 unspecified atom stereocenters. The number of rotatable bonds is 4. The zero-order valence-corrected chi connectivity index (χ0v) is 10.4. The van der Waals surface area contributed by atoms with Gasteiger partial charge in [0.1, 0.15) is 5.60 Å². The number of hydrogen-bond donors (Lipinski definition) is 0. The Hall–Kier alpha value is -1.05. The highest BCUT2D eigenvalue weighted by molar-refractivity contribution is 5.87. The molecule has 0 N–H and O–H groups in total. The predicted octanol–water partition coefficient (Wildman–Crippen LogP) is 3.77. The van der Waals surface area contributed by atoms with Crippen LogP contribution in [0.3, 0.4) is 0 Å². The molecule has 90 valence electrons. The van der Waals surface area contributed by atoms with Crippen molar-refractivity contribution >= 4 is 5.97 Å². The van der Waals surface area contributed by atoms with Crippen LogP contribution < -0.4 is 0 Å². The quantitative estimate of drug-likeness (QED) is 0.411. The molecule has 1 aliphatic rings. The Balaban J connectivity index is 2.70. The summed E-state index contributed by atoms with van der Waals surface area (Å²) in [6.07, 6.45) is 9.93. The van der Waals surface area contributed by atoms with Gasteiger partial charge < -0.3 is 4.74 Å². The lowest BCUT2D eigenvalue weighted by molar-refractivity contribution is -0.158. The lowest BCUT2D eigenvalue weighted by Gasteiger charge is -2.36. The van der Waals surface area contributed by atoms with Crippen molar-refractivity contribution in [2.45, 2.75) is 58.0 Å². The van der Waals surface area contributed by atoms with E-state index in [1.807, 2.05) is 13.0 Å². The van der Waals surface area contributed by atoms with Gasteiger partial charge in [-0.2, -0.15) is 0 Å². The molecule has 0 heterocycles. The van der Waals surface area contributed by atoms with Gasteiger partial charge in [0, 0.05) is 12.0 Å². The van der Waals surface area contributed by atoms with Gasteiger partial charge in [-0.15, -0.1) is 6.58 Å². The Labute approximate surface area is 98.4 Å². The molecule has 2 nitrogen and oxygen atoms in total. The van der Waals surface area contributed by atoms with E-state index in [0.29, 0.717) is 5.57 Å². The average molecular weight is 222 g/mol. The highest BCUT2D eigenvalue weighted by Gasteiger charge is 2.34. The summed E-state index contributed by atoms with van der Waals surface area (Å²) in [6, 6.07) is 0. The molecule has 0 bridgehead atoms. The Morgan fingerprint density at radius 2 is 2.00 bits per heavy atom. The Bertz CT molecular complexity index is 283. The molecule has 1 saturated carbocycles. The number of allylic oxidation sites excluding steroid dienone is 1. The standard InChI is InChI=1S/C14H22O2/c1-4-9-14(10-7-6-8-11-14)16-13(15)12(3)5-2/h4-5H,1,6-11H2,2-3H3. The fraction of sp³-hybridized carbons (Fsp3) is 0.643. The first-order valence-corrected chi connectivity index (χ1v) is 6.11. The van der Waals surface area contributed by atoms with Crippen LogP contribution in [0.25, 0.3) is 0 Å². The summed E-state index contributed by atoms with van der Waals surface area (Å²) >= 11 is 0. The Morgan fingerprint density at radius 3 is 2.50 bits per heavy atom. The highest BCUT2D eigenvalue weighted by atomic mass is 16.6. The van der Waals surface area contributed by atoms with Crippen LogP contribution in [0, 0.1) is 0 Å². The van der Waals surface area contributed by atoms with Gasteiger partial charge >= 0.3 is 5.97 Å². The van der Waals surface area contributed by atoms with Gasteiger partial charge in [0.25, 0.3) is 0 Å². The molecule has 1 fully saturated rings. The molecular formula is C14H22O2. The first-order valence-electron chi connectivity index (χ1n) is 6.11. The van der Waals surface area contributed by atoms with Crippen LogP contribution in [0.15, 0.2) is 24.3 Å². The van der Waals surface area contributed by atoms with Gasteiger partial charge in [-0.25, -0.2) is 4.79 Å². The number of carbonyl (C=O) groups excluding carboxylic acids is 1. The van der Waals surface area contributed by atoms with E-state index in [1.54, 1.807) is 13.0 Å². The van der Waals surface area contributed by atoms with E-state index in [4.69, 9.17) is 4.74 Å². The van der Waals surface area contributed by atoms with Crippen molar-refractivity contribution in [2.24, 2.45) is 0 Å². The highest BCUT2D eigenvalue weighted by Crippen LogP contribution is 2.35. The normalized spacial score (nSPS) is 20.2. The molecule has 0 amide bonds. The molecule has 0 radical (unpaired) electrons. The fourth-order valence-electron chi connectivity index (χ4n) is 2.20. The molecule has 0 aromatic heterocycles. The van der Waals surface area contributed by atoms with E-state index in [-0.39, 0.29) is 11.6 Å². The third kappa shape index (κ3) is 3.22. The van der Waals surface area contributed by atoms with Gasteiger partial charge in [0.05, 0.1) is 0 Å². The predicted molar refractivity (Wildman–Crippen MR) is 66.2 cm³/mol. The summed E-state index contributed by atoms with van der Waals surface area (Å²) in [5.41, 5.74) is 0.412. The maximum absolute atomic E-state index is 11.8. The molecule has 0 aliphatic heterocycles. The first-order chi connectivity index (χ1) is 7.63. The zero-order valence-electron chi connectivity index (χ0n) is 10.4. The topological polar surface area (TPSA) is 26.3 Å². The number of esters is 1. The largest absolute Gasteiger partial charge is 0.455 e. The van der Waals surface area contributed by atoms with Crippen LogP contribution in [-0.2, 0) is 9.53 Å². The Kier molecular flexibility index (Phi) is 4.78. The summed E-state index contributed by atoms with van der Waals surface area (Å²) in [6.45, 7) is 7.42. The van der Waals surface area contributed by atoms with E-state index in [0.717, 1.165) is 32.1 Å².